The highest BCUT2D eigenvalue weighted by atomic mass is 32.1. The maximum Gasteiger partial charge on any atom is 0.256 e. The first kappa shape index (κ1) is 13.5. The maximum atomic E-state index is 12.1. The van der Waals surface area contributed by atoms with Gasteiger partial charge in [0, 0.05) is 21.5 Å². The molecule has 0 bridgehead atoms. The molecule has 4 heteroatoms. The SMILES string of the molecule is CC(=O)c1cccc(NC(=O)c2csc(C)c2C)c1. The predicted octanol–water partition coefficient (Wildman–Crippen LogP) is 3.82. The van der Waals surface area contributed by atoms with E-state index in [0.717, 1.165) is 10.4 Å². The number of ketones is 1. The molecular weight excluding hydrogens is 258 g/mol. The van der Waals surface area contributed by atoms with Gasteiger partial charge in [-0.1, -0.05) is 12.1 Å². The van der Waals surface area contributed by atoms with Crippen LogP contribution < -0.4 is 5.32 Å². The van der Waals surface area contributed by atoms with Crippen LogP contribution in [-0.4, -0.2) is 11.7 Å². The smallest absolute Gasteiger partial charge is 0.256 e. The van der Waals surface area contributed by atoms with Crippen molar-refractivity contribution in [2.45, 2.75) is 20.8 Å². The number of hydrogen-bond acceptors (Lipinski definition) is 3. The van der Waals surface area contributed by atoms with Crippen molar-refractivity contribution in [3.63, 3.8) is 0 Å². The van der Waals surface area contributed by atoms with Crippen LogP contribution in [0.25, 0.3) is 0 Å². The van der Waals surface area contributed by atoms with Gasteiger partial charge in [0.15, 0.2) is 5.78 Å². The van der Waals surface area contributed by atoms with Crippen molar-refractivity contribution < 1.29 is 9.59 Å². The third kappa shape index (κ3) is 2.90. The monoisotopic (exact) mass is 273 g/mol. The second-order valence-corrected chi connectivity index (χ2v) is 5.51. The molecule has 0 unspecified atom stereocenters. The number of aryl methyl sites for hydroxylation is 1. The van der Waals surface area contributed by atoms with Gasteiger partial charge in [-0.3, -0.25) is 9.59 Å². The predicted molar refractivity (Wildman–Crippen MR) is 78.2 cm³/mol. The van der Waals surface area contributed by atoms with Crippen LogP contribution >= 0.6 is 11.3 Å². The van der Waals surface area contributed by atoms with Crippen molar-refractivity contribution in [1.29, 1.82) is 0 Å². The Bertz CT molecular complexity index is 643. The lowest BCUT2D eigenvalue weighted by molar-refractivity contribution is 0.101. The number of carbonyl (C=O) groups excluding carboxylic acids is 2. The molecule has 0 aliphatic carbocycles. The van der Waals surface area contributed by atoms with Crippen LogP contribution in [0.4, 0.5) is 5.69 Å². The second-order valence-electron chi connectivity index (χ2n) is 4.42. The normalized spacial score (nSPS) is 10.3. The van der Waals surface area contributed by atoms with E-state index in [0.29, 0.717) is 16.8 Å². The van der Waals surface area contributed by atoms with E-state index in [9.17, 15) is 9.59 Å². The molecule has 1 aromatic heterocycles. The Balaban J connectivity index is 2.22. The molecule has 0 aliphatic rings. The van der Waals surface area contributed by atoms with Gasteiger partial charge in [-0.15, -0.1) is 11.3 Å². The van der Waals surface area contributed by atoms with Gasteiger partial charge in [0.2, 0.25) is 0 Å². The fourth-order valence-electron chi connectivity index (χ4n) is 1.75. The molecule has 1 N–H and O–H groups in total. The summed E-state index contributed by atoms with van der Waals surface area (Å²) in [5.41, 5.74) is 2.93. The highest BCUT2D eigenvalue weighted by Crippen LogP contribution is 2.22. The third-order valence-corrected chi connectivity index (χ3v) is 4.07. The lowest BCUT2D eigenvalue weighted by Crippen LogP contribution is -2.12. The van der Waals surface area contributed by atoms with Crippen molar-refractivity contribution in [2.75, 3.05) is 5.32 Å². The molecule has 2 aromatic rings. The number of thiophene rings is 1. The first-order valence-corrected chi connectivity index (χ1v) is 6.84. The molecule has 98 valence electrons. The number of amides is 1. The minimum absolute atomic E-state index is 0.0151. The Hall–Kier alpha value is -1.94. The van der Waals surface area contributed by atoms with E-state index in [1.54, 1.807) is 35.6 Å². The highest BCUT2D eigenvalue weighted by Gasteiger charge is 2.13. The molecule has 0 aliphatic heterocycles. The van der Waals surface area contributed by atoms with Crippen molar-refractivity contribution >= 4 is 28.7 Å². The Morgan fingerprint density at radius 3 is 2.53 bits per heavy atom. The lowest BCUT2D eigenvalue weighted by atomic mass is 10.1. The number of rotatable bonds is 3. The summed E-state index contributed by atoms with van der Waals surface area (Å²) in [4.78, 5) is 24.6. The van der Waals surface area contributed by atoms with Gasteiger partial charge in [0.05, 0.1) is 5.56 Å². The molecule has 0 saturated carbocycles. The summed E-state index contributed by atoms with van der Waals surface area (Å²) in [5, 5.41) is 4.68. The Morgan fingerprint density at radius 2 is 1.95 bits per heavy atom. The second kappa shape index (κ2) is 5.36. The van der Waals surface area contributed by atoms with Crippen molar-refractivity contribution in [3.05, 3.63) is 51.2 Å². The van der Waals surface area contributed by atoms with Crippen LogP contribution in [0.5, 0.6) is 0 Å². The Morgan fingerprint density at radius 1 is 1.21 bits per heavy atom. The highest BCUT2D eigenvalue weighted by molar-refractivity contribution is 7.10. The summed E-state index contributed by atoms with van der Waals surface area (Å²) in [6.45, 7) is 5.44. The van der Waals surface area contributed by atoms with Gasteiger partial charge >= 0.3 is 0 Å². The van der Waals surface area contributed by atoms with Gasteiger partial charge < -0.3 is 5.32 Å². The van der Waals surface area contributed by atoms with E-state index in [1.807, 2.05) is 19.2 Å². The average Bonchev–Trinajstić information content (AvgIpc) is 2.70. The van der Waals surface area contributed by atoms with Gasteiger partial charge in [0.25, 0.3) is 5.91 Å². The zero-order chi connectivity index (χ0) is 14.0. The molecule has 3 nitrogen and oxygen atoms in total. The van der Waals surface area contributed by atoms with Crippen LogP contribution in [0.3, 0.4) is 0 Å². The topological polar surface area (TPSA) is 46.2 Å². The fourth-order valence-corrected chi connectivity index (χ4v) is 2.62. The van der Waals surface area contributed by atoms with Crippen molar-refractivity contribution in [1.82, 2.24) is 0 Å². The largest absolute Gasteiger partial charge is 0.322 e. The summed E-state index contributed by atoms with van der Waals surface area (Å²) in [7, 11) is 0. The van der Waals surface area contributed by atoms with E-state index < -0.39 is 0 Å². The van der Waals surface area contributed by atoms with Gasteiger partial charge in [-0.25, -0.2) is 0 Å². The van der Waals surface area contributed by atoms with Crippen LogP contribution in [-0.2, 0) is 0 Å². The minimum Gasteiger partial charge on any atom is -0.322 e. The van der Waals surface area contributed by atoms with Crippen molar-refractivity contribution in [2.24, 2.45) is 0 Å². The number of hydrogen-bond donors (Lipinski definition) is 1. The van der Waals surface area contributed by atoms with E-state index in [4.69, 9.17) is 0 Å². The maximum absolute atomic E-state index is 12.1. The molecule has 0 atom stereocenters. The zero-order valence-electron chi connectivity index (χ0n) is 11.1. The number of anilines is 1. The van der Waals surface area contributed by atoms with Crippen LogP contribution in [0.15, 0.2) is 29.6 Å². The molecule has 0 radical (unpaired) electrons. The minimum atomic E-state index is -0.137. The quantitative estimate of drug-likeness (QED) is 0.864. The lowest BCUT2D eigenvalue weighted by Gasteiger charge is -2.06. The number of nitrogens with one attached hydrogen (secondary N) is 1. The summed E-state index contributed by atoms with van der Waals surface area (Å²) in [6, 6.07) is 6.96. The fraction of sp³-hybridized carbons (Fsp3) is 0.200. The third-order valence-electron chi connectivity index (χ3n) is 3.06. The molecular formula is C15H15NO2S. The number of carbonyl (C=O) groups is 2. The van der Waals surface area contributed by atoms with E-state index >= 15 is 0 Å². The molecule has 19 heavy (non-hydrogen) atoms. The molecule has 2 rings (SSSR count). The first-order chi connectivity index (χ1) is 8.99. The Kier molecular flexibility index (Phi) is 3.81. The van der Waals surface area contributed by atoms with Gasteiger partial charge in [0.1, 0.15) is 0 Å². The van der Waals surface area contributed by atoms with Crippen LogP contribution in [0.2, 0.25) is 0 Å². The number of Topliss-reactive ketones (excluding diaryl/α,β-unsaturated/α-hetero) is 1. The summed E-state index contributed by atoms with van der Waals surface area (Å²) >= 11 is 1.56. The standard InChI is InChI=1S/C15H15NO2S/c1-9-11(3)19-8-14(9)15(18)16-13-6-4-5-12(7-13)10(2)17/h4-8H,1-3H3,(H,16,18). The molecule has 1 aromatic carbocycles. The molecule has 1 amide bonds. The zero-order valence-corrected chi connectivity index (χ0v) is 11.9. The van der Waals surface area contributed by atoms with Crippen LogP contribution in [0.1, 0.15) is 38.1 Å². The summed E-state index contributed by atoms with van der Waals surface area (Å²) in [6.07, 6.45) is 0. The first-order valence-electron chi connectivity index (χ1n) is 5.96. The van der Waals surface area contributed by atoms with E-state index in [2.05, 4.69) is 5.32 Å². The van der Waals surface area contributed by atoms with E-state index in [-0.39, 0.29) is 11.7 Å². The van der Waals surface area contributed by atoms with Crippen LogP contribution in [0, 0.1) is 13.8 Å². The Labute approximate surface area is 116 Å². The average molecular weight is 273 g/mol. The van der Waals surface area contributed by atoms with Gasteiger partial charge in [-0.05, 0) is 38.5 Å². The molecule has 1 heterocycles. The summed E-state index contributed by atoms with van der Waals surface area (Å²) < 4.78 is 0. The van der Waals surface area contributed by atoms with E-state index in [1.165, 1.54) is 6.92 Å². The summed E-state index contributed by atoms with van der Waals surface area (Å²) in [5.74, 6) is -0.152. The molecule has 0 spiro atoms. The number of benzene rings is 1. The molecule has 0 saturated heterocycles. The van der Waals surface area contributed by atoms with Gasteiger partial charge in [-0.2, -0.15) is 0 Å². The molecule has 0 fully saturated rings. The van der Waals surface area contributed by atoms with Crippen molar-refractivity contribution in [3.8, 4) is 0 Å².